The summed E-state index contributed by atoms with van der Waals surface area (Å²) < 4.78 is 46.0. The van der Waals surface area contributed by atoms with Gasteiger partial charge in [-0.1, -0.05) is 6.07 Å². The van der Waals surface area contributed by atoms with Crippen molar-refractivity contribution in [2.24, 2.45) is 0 Å². The number of hydrogen-bond donors (Lipinski definition) is 1. The predicted octanol–water partition coefficient (Wildman–Crippen LogP) is 1.28. The summed E-state index contributed by atoms with van der Waals surface area (Å²) in [6.07, 6.45) is 1.31. The summed E-state index contributed by atoms with van der Waals surface area (Å²) in [5, 5.41) is 9.98. The number of rotatable bonds is 4. The first-order valence-corrected chi connectivity index (χ1v) is 9.55. The summed E-state index contributed by atoms with van der Waals surface area (Å²) in [4.78, 5) is 3.78. The van der Waals surface area contributed by atoms with Crippen molar-refractivity contribution in [1.29, 1.82) is 0 Å². The zero-order valence-electron chi connectivity index (χ0n) is 10.0. The van der Waals surface area contributed by atoms with E-state index < -0.39 is 30.4 Å². The predicted molar refractivity (Wildman–Crippen MR) is 75.1 cm³/mol. The number of phenolic OH excluding ortho intramolecular Hbond substituents is 1. The van der Waals surface area contributed by atoms with Gasteiger partial charge < -0.3 is 5.11 Å². The molecule has 0 fully saturated rings. The van der Waals surface area contributed by atoms with Crippen LogP contribution in [0.25, 0.3) is 10.8 Å². The number of phenols is 1. The molecule has 0 saturated heterocycles. The van der Waals surface area contributed by atoms with Gasteiger partial charge in [0.15, 0.2) is 14.9 Å². The van der Waals surface area contributed by atoms with E-state index in [0.29, 0.717) is 5.39 Å². The molecule has 1 aromatic heterocycles. The maximum Gasteiger partial charge on any atom is 0.233 e. The first-order valence-electron chi connectivity index (χ1n) is 5.42. The van der Waals surface area contributed by atoms with E-state index in [9.17, 15) is 21.9 Å². The van der Waals surface area contributed by atoms with Crippen LogP contribution in [0.4, 0.5) is 0 Å². The Morgan fingerprint density at radius 2 is 1.80 bits per heavy atom. The number of halogens is 1. The third kappa shape index (κ3) is 3.38. The van der Waals surface area contributed by atoms with E-state index in [2.05, 4.69) is 4.98 Å². The van der Waals surface area contributed by atoms with Gasteiger partial charge in [-0.25, -0.2) is 21.8 Å². The average Bonchev–Trinajstić information content (AvgIpc) is 2.35. The summed E-state index contributed by atoms with van der Waals surface area (Å²) in [5.41, 5.74) is 0. The Kier molecular flexibility index (Phi) is 3.90. The second-order valence-corrected chi connectivity index (χ2v) is 9.00. The van der Waals surface area contributed by atoms with E-state index in [1.54, 1.807) is 12.1 Å². The number of pyridine rings is 1. The maximum absolute atomic E-state index is 12.1. The number of nitrogens with zero attached hydrogens (tertiary/aromatic N) is 1. The molecule has 0 saturated carbocycles. The lowest BCUT2D eigenvalue weighted by Gasteiger charge is -2.06. The maximum atomic E-state index is 12.1. The lowest BCUT2D eigenvalue weighted by Crippen LogP contribution is -2.15. The highest BCUT2D eigenvalue weighted by atomic mass is 35.7. The summed E-state index contributed by atoms with van der Waals surface area (Å²) in [7, 11) is -2.82. The molecule has 0 aliphatic heterocycles. The molecular formula is C11H10ClNO5S2. The van der Waals surface area contributed by atoms with Gasteiger partial charge >= 0.3 is 0 Å². The minimum absolute atomic E-state index is 0.105. The van der Waals surface area contributed by atoms with Crippen LogP contribution in [0.5, 0.6) is 5.75 Å². The molecule has 0 unspecified atom stereocenters. The van der Waals surface area contributed by atoms with Crippen molar-refractivity contribution in [2.75, 3.05) is 11.5 Å². The van der Waals surface area contributed by atoms with Crippen molar-refractivity contribution < 1.29 is 21.9 Å². The summed E-state index contributed by atoms with van der Waals surface area (Å²) >= 11 is 0. The van der Waals surface area contributed by atoms with Crippen LogP contribution in [0.15, 0.2) is 35.5 Å². The molecule has 0 bridgehead atoms. The topological polar surface area (TPSA) is 101 Å². The van der Waals surface area contributed by atoms with Crippen LogP contribution in [0, 0.1) is 0 Å². The second kappa shape index (κ2) is 5.19. The number of fused-ring (bicyclic) bond motifs is 1. The van der Waals surface area contributed by atoms with Crippen LogP contribution in [-0.2, 0) is 18.9 Å². The molecule has 20 heavy (non-hydrogen) atoms. The summed E-state index contributed by atoms with van der Waals surface area (Å²) in [5.74, 6) is -1.47. The van der Waals surface area contributed by atoms with Gasteiger partial charge in [0.1, 0.15) is 5.75 Å². The van der Waals surface area contributed by atoms with Crippen LogP contribution < -0.4 is 0 Å². The fourth-order valence-corrected chi connectivity index (χ4v) is 4.85. The van der Waals surface area contributed by atoms with Crippen molar-refractivity contribution >= 4 is 40.3 Å². The molecule has 0 aliphatic carbocycles. The van der Waals surface area contributed by atoms with Gasteiger partial charge in [0.2, 0.25) is 9.05 Å². The number of hydrogen-bond acceptors (Lipinski definition) is 6. The lowest BCUT2D eigenvalue weighted by atomic mass is 10.2. The highest BCUT2D eigenvalue weighted by molar-refractivity contribution is 8.14. The van der Waals surface area contributed by atoms with Crippen molar-refractivity contribution in [2.45, 2.75) is 5.03 Å². The Morgan fingerprint density at radius 1 is 1.10 bits per heavy atom. The monoisotopic (exact) mass is 335 g/mol. The molecule has 1 heterocycles. The van der Waals surface area contributed by atoms with E-state index in [4.69, 9.17) is 10.7 Å². The zero-order chi connectivity index (χ0) is 15.0. The van der Waals surface area contributed by atoms with Gasteiger partial charge in [0.25, 0.3) is 0 Å². The number of aromatic hydroxyl groups is 1. The fourth-order valence-electron chi connectivity index (χ4n) is 1.68. The minimum Gasteiger partial charge on any atom is -0.508 e. The number of sulfone groups is 1. The molecule has 0 aliphatic rings. The lowest BCUT2D eigenvalue weighted by molar-refractivity contribution is 0.476. The third-order valence-electron chi connectivity index (χ3n) is 2.60. The van der Waals surface area contributed by atoms with Gasteiger partial charge in [-0.05, 0) is 23.6 Å². The van der Waals surface area contributed by atoms with Crippen LogP contribution in [-0.4, -0.2) is 38.4 Å². The minimum atomic E-state index is -3.92. The second-order valence-electron chi connectivity index (χ2n) is 4.08. The molecule has 9 heteroatoms. The first-order chi connectivity index (χ1) is 9.19. The molecule has 1 aromatic carbocycles. The van der Waals surface area contributed by atoms with Crippen LogP contribution in [0.3, 0.4) is 0 Å². The van der Waals surface area contributed by atoms with E-state index >= 15 is 0 Å². The molecule has 1 N–H and O–H groups in total. The van der Waals surface area contributed by atoms with Crippen LogP contribution >= 0.6 is 10.7 Å². The van der Waals surface area contributed by atoms with Crippen molar-refractivity contribution in [3.05, 3.63) is 30.5 Å². The summed E-state index contributed by atoms with van der Waals surface area (Å²) in [6.45, 7) is 0. The highest BCUT2D eigenvalue weighted by Crippen LogP contribution is 2.25. The standard InChI is InChI=1S/C11H10ClNO5S2/c12-20(17,18)6-5-19(15,16)11-10-7-9(14)2-1-8(10)3-4-13-11/h1-4,7,14H,5-6H2. The smallest absolute Gasteiger partial charge is 0.233 e. The quantitative estimate of drug-likeness (QED) is 0.845. The Hall–Kier alpha value is -1.38. The fraction of sp³-hybridized carbons (Fsp3) is 0.182. The molecule has 6 nitrogen and oxygen atoms in total. The molecule has 108 valence electrons. The molecule has 0 radical (unpaired) electrons. The average molecular weight is 336 g/mol. The van der Waals surface area contributed by atoms with E-state index in [1.807, 2.05) is 0 Å². The SMILES string of the molecule is O=S(=O)(Cl)CCS(=O)(=O)c1nccc2ccc(O)cc12. The highest BCUT2D eigenvalue weighted by Gasteiger charge is 2.22. The Balaban J connectivity index is 2.54. The molecule has 2 aromatic rings. The van der Waals surface area contributed by atoms with E-state index in [-0.39, 0.29) is 16.2 Å². The van der Waals surface area contributed by atoms with Crippen molar-refractivity contribution in [1.82, 2.24) is 4.98 Å². The first kappa shape index (κ1) is 15.0. The van der Waals surface area contributed by atoms with Gasteiger partial charge in [0, 0.05) is 22.3 Å². The molecule has 2 rings (SSSR count). The van der Waals surface area contributed by atoms with E-state index in [1.165, 1.54) is 18.3 Å². The summed E-state index contributed by atoms with van der Waals surface area (Å²) in [6, 6.07) is 5.82. The third-order valence-corrected chi connectivity index (χ3v) is 5.67. The van der Waals surface area contributed by atoms with E-state index in [0.717, 1.165) is 0 Å². The van der Waals surface area contributed by atoms with Crippen molar-refractivity contribution in [3.63, 3.8) is 0 Å². The van der Waals surface area contributed by atoms with Gasteiger partial charge in [-0.3, -0.25) is 0 Å². The Morgan fingerprint density at radius 3 is 2.45 bits per heavy atom. The largest absolute Gasteiger partial charge is 0.508 e. The van der Waals surface area contributed by atoms with Crippen molar-refractivity contribution in [3.8, 4) is 5.75 Å². The molecule has 0 atom stereocenters. The normalized spacial score (nSPS) is 12.7. The number of aromatic nitrogens is 1. The Labute approximate surface area is 120 Å². The number of benzene rings is 1. The molecule has 0 amide bonds. The van der Waals surface area contributed by atoms with Crippen LogP contribution in [0.2, 0.25) is 0 Å². The van der Waals surface area contributed by atoms with Crippen LogP contribution in [0.1, 0.15) is 0 Å². The molecule has 0 spiro atoms. The Bertz CT molecular complexity index is 862. The van der Waals surface area contributed by atoms with Gasteiger partial charge in [-0.2, -0.15) is 0 Å². The molecular weight excluding hydrogens is 326 g/mol. The zero-order valence-corrected chi connectivity index (χ0v) is 12.4. The van der Waals surface area contributed by atoms with Gasteiger partial charge in [-0.15, -0.1) is 0 Å². The van der Waals surface area contributed by atoms with Gasteiger partial charge in [0.05, 0.1) is 11.5 Å².